The van der Waals surface area contributed by atoms with E-state index < -0.39 is 29.1 Å². The first kappa shape index (κ1) is 29.5. The molecule has 1 saturated heterocycles. The van der Waals surface area contributed by atoms with E-state index in [1.807, 2.05) is 13.8 Å². The van der Waals surface area contributed by atoms with Crippen LogP contribution in [0.4, 0.5) is 0 Å². The van der Waals surface area contributed by atoms with Gasteiger partial charge in [0, 0.05) is 5.25 Å². The fraction of sp³-hybridized carbons (Fsp3) is 0.225. The Balaban J connectivity index is 1.56. The molecule has 0 amide bonds. The van der Waals surface area contributed by atoms with E-state index in [0.717, 1.165) is 27.4 Å². The number of hydrogen-bond acceptors (Lipinski definition) is 5. The second-order valence-electron chi connectivity index (χ2n) is 12.2. The van der Waals surface area contributed by atoms with E-state index >= 15 is 0 Å². The fourth-order valence-corrected chi connectivity index (χ4v) is 7.98. The van der Waals surface area contributed by atoms with Gasteiger partial charge in [-0.15, -0.1) is 0 Å². The molecule has 1 fully saturated rings. The number of benzene rings is 5. The molecule has 2 aliphatic rings. The maximum Gasteiger partial charge on any atom is 0.164 e. The SMILES string of the molecule is C[C@H](SC1=NC(c2ccccc2)(c2ccccc2)[C@@H]2OC(C)(C)O[C@H]2C(c2ccccc2)(c2ccccc2)N1)c1ccccc1. The average molecular weight is 611 g/mol. The van der Waals surface area contributed by atoms with Gasteiger partial charge >= 0.3 is 0 Å². The Kier molecular flexibility index (Phi) is 7.86. The molecule has 0 saturated carbocycles. The first-order chi connectivity index (χ1) is 21.9. The normalized spacial score (nSPS) is 21.9. The summed E-state index contributed by atoms with van der Waals surface area (Å²) in [6, 6.07) is 53.0. The molecule has 0 aromatic heterocycles. The molecule has 7 rings (SSSR count). The molecule has 0 radical (unpaired) electrons. The van der Waals surface area contributed by atoms with Crippen molar-refractivity contribution in [3.8, 4) is 0 Å². The van der Waals surface area contributed by atoms with Crippen molar-refractivity contribution in [2.45, 2.75) is 55.1 Å². The van der Waals surface area contributed by atoms with Crippen LogP contribution < -0.4 is 5.32 Å². The minimum Gasteiger partial charge on any atom is -0.349 e. The van der Waals surface area contributed by atoms with E-state index in [-0.39, 0.29) is 5.25 Å². The molecule has 5 aromatic rings. The van der Waals surface area contributed by atoms with Gasteiger partial charge in [-0.3, -0.25) is 0 Å². The molecular formula is C40H38N2O2S. The van der Waals surface area contributed by atoms with Gasteiger partial charge in [0.25, 0.3) is 0 Å². The number of ether oxygens (including phenoxy) is 2. The van der Waals surface area contributed by atoms with Crippen molar-refractivity contribution in [1.29, 1.82) is 0 Å². The highest BCUT2D eigenvalue weighted by Gasteiger charge is 2.64. The van der Waals surface area contributed by atoms with Crippen LogP contribution in [0.1, 0.15) is 53.8 Å². The molecule has 2 aliphatic heterocycles. The number of aliphatic imine (C=N–C) groups is 1. The van der Waals surface area contributed by atoms with Crippen molar-refractivity contribution in [2.75, 3.05) is 0 Å². The van der Waals surface area contributed by atoms with Crippen molar-refractivity contribution in [2.24, 2.45) is 4.99 Å². The molecule has 0 bridgehead atoms. The summed E-state index contributed by atoms with van der Waals surface area (Å²) in [5.74, 6) is -0.863. The van der Waals surface area contributed by atoms with Crippen molar-refractivity contribution in [3.05, 3.63) is 179 Å². The third kappa shape index (κ3) is 5.29. The minimum atomic E-state index is -0.919. The highest BCUT2D eigenvalue weighted by molar-refractivity contribution is 8.14. The van der Waals surface area contributed by atoms with E-state index in [2.05, 4.69) is 164 Å². The summed E-state index contributed by atoms with van der Waals surface area (Å²) in [6.07, 6.45) is -0.957. The lowest BCUT2D eigenvalue weighted by Gasteiger charge is -2.43. The van der Waals surface area contributed by atoms with Gasteiger partial charge in [-0.2, -0.15) is 0 Å². The summed E-state index contributed by atoms with van der Waals surface area (Å²) in [6.45, 7) is 6.27. The van der Waals surface area contributed by atoms with E-state index in [0.29, 0.717) is 0 Å². The van der Waals surface area contributed by atoms with Gasteiger partial charge in [0.1, 0.15) is 23.3 Å². The molecule has 0 spiro atoms. The van der Waals surface area contributed by atoms with Crippen molar-refractivity contribution in [3.63, 3.8) is 0 Å². The molecule has 226 valence electrons. The summed E-state index contributed by atoms with van der Waals surface area (Å²) in [5, 5.41) is 5.03. The minimum absolute atomic E-state index is 0.127. The van der Waals surface area contributed by atoms with Crippen molar-refractivity contribution >= 4 is 16.9 Å². The number of hydrogen-bond donors (Lipinski definition) is 1. The molecule has 0 aliphatic carbocycles. The first-order valence-electron chi connectivity index (χ1n) is 15.6. The summed E-state index contributed by atoms with van der Waals surface area (Å²) >= 11 is 1.74. The van der Waals surface area contributed by atoms with Crippen LogP contribution in [0.15, 0.2) is 157 Å². The van der Waals surface area contributed by atoms with Crippen LogP contribution in [0.3, 0.4) is 0 Å². The number of nitrogens with one attached hydrogen (secondary N) is 1. The first-order valence-corrected chi connectivity index (χ1v) is 16.5. The molecule has 0 unspecified atom stereocenters. The van der Waals surface area contributed by atoms with Gasteiger partial charge in [0.15, 0.2) is 11.0 Å². The zero-order valence-electron chi connectivity index (χ0n) is 25.8. The number of nitrogens with zero attached hydrogens (tertiary/aromatic N) is 1. The topological polar surface area (TPSA) is 42.9 Å². The summed E-state index contributed by atoms with van der Waals surface area (Å²) < 4.78 is 14.2. The van der Waals surface area contributed by atoms with E-state index in [1.54, 1.807) is 11.8 Å². The van der Waals surface area contributed by atoms with Gasteiger partial charge in [0.2, 0.25) is 0 Å². The molecule has 5 heteroatoms. The van der Waals surface area contributed by atoms with Crippen LogP contribution in [-0.2, 0) is 20.6 Å². The molecule has 2 heterocycles. The Morgan fingerprint density at radius 3 is 1.44 bits per heavy atom. The smallest absolute Gasteiger partial charge is 0.164 e. The second kappa shape index (κ2) is 12.0. The Bertz CT molecular complexity index is 1670. The number of amidine groups is 1. The molecule has 45 heavy (non-hydrogen) atoms. The predicted molar refractivity (Wildman–Crippen MR) is 184 cm³/mol. The highest BCUT2D eigenvalue weighted by Crippen LogP contribution is 2.54. The van der Waals surface area contributed by atoms with Crippen LogP contribution in [0.25, 0.3) is 0 Å². The molecule has 4 nitrogen and oxygen atoms in total. The van der Waals surface area contributed by atoms with Crippen LogP contribution in [0.2, 0.25) is 0 Å². The van der Waals surface area contributed by atoms with E-state index in [4.69, 9.17) is 14.5 Å². The molecular weight excluding hydrogens is 573 g/mol. The predicted octanol–water partition coefficient (Wildman–Crippen LogP) is 8.85. The average Bonchev–Trinajstić information content (AvgIpc) is 3.38. The zero-order valence-corrected chi connectivity index (χ0v) is 26.7. The maximum absolute atomic E-state index is 7.13. The highest BCUT2D eigenvalue weighted by atomic mass is 32.2. The van der Waals surface area contributed by atoms with Gasteiger partial charge in [-0.25, -0.2) is 4.99 Å². The number of fused-ring (bicyclic) bond motifs is 1. The monoisotopic (exact) mass is 610 g/mol. The fourth-order valence-electron chi connectivity index (χ4n) is 6.94. The maximum atomic E-state index is 7.13. The summed E-state index contributed by atoms with van der Waals surface area (Å²) in [4.78, 5) is 5.83. The summed E-state index contributed by atoms with van der Waals surface area (Å²) in [5.41, 5.74) is 3.77. The Labute approximate surface area is 270 Å². The Hall–Kier alpha value is -4.16. The number of thioether (sulfide) groups is 1. The van der Waals surface area contributed by atoms with Gasteiger partial charge < -0.3 is 14.8 Å². The van der Waals surface area contributed by atoms with Gasteiger partial charge in [-0.05, 0) is 48.6 Å². The summed E-state index contributed by atoms with van der Waals surface area (Å²) in [7, 11) is 0. The molecule has 5 aromatic carbocycles. The van der Waals surface area contributed by atoms with Crippen LogP contribution in [0.5, 0.6) is 0 Å². The van der Waals surface area contributed by atoms with Gasteiger partial charge in [-0.1, -0.05) is 163 Å². The quantitative estimate of drug-likeness (QED) is 0.209. The van der Waals surface area contributed by atoms with Gasteiger partial charge in [0.05, 0.1) is 0 Å². The third-order valence-electron chi connectivity index (χ3n) is 8.96. The lowest BCUT2D eigenvalue weighted by atomic mass is 9.69. The Morgan fingerprint density at radius 1 is 0.578 bits per heavy atom. The third-order valence-corrected chi connectivity index (χ3v) is 10.0. The Morgan fingerprint density at radius 2 is 0.978 bits per heavy atom. The largest absolute Gasteiger partial charge is 0.349 e. The van der Waals surface area contributed by atoms with E-state index in [1.165, 1.54) is 5.56 Å². The van der Waals surface area contributed by atoms with Crippen molar-refractivity contribution in [1.82, 2.24) is 5.32 Å². The number of rotatable bonds is 6. The second-order valence-corrected chi connectivity index (χ2v) is 13.6. The van der Waals surface area contributed by atoms with Crippen LogP contribution in [0, 0.1) is 0 Å². The van der Waals surface area contributed by atoms with E-state index in [9.17, 15) is 0 Å². The molecule has 3 atom stereocenters. The van der Waals surface area contributed by atoms with Crippen LogP contribution in [-0.4, -0.2) is 23.2 Å². The van der Waals surface area contributed by atoms with Crippen LogP contribution >= 0.6 is 11.8 Å². The zero-order chi connectivity index (χ0) is 30.9. The lowest BCUT2D eigenvalue weighted by molar-refractivity contribution is -0.155. The lowest BCUT2D eigenvalue weighted by Crippen LogP contribution is -2.58. The van der Waals surface area contributed by atoms with Crippen molar-refractivity contribution < 1.29 is 9.47 Å². The molecule has 1 N–H and O–H groups in total. The standard InChI is InChI=1S/C40H38N2O2S/c1-29(30-19-9-4-10-20-30)45-37-41-39(31-21-11-5-12-22-31,32-23-13-6-14-24-32)35-36(44-38(2,3)43-35)40(42-37,33-25-15-7-16-26-33)34-27-17-8-18-28-34/h4-29,35-36H,1-3H3,(H,41,42)/t29-,35+,36+/m0/s1.